The molecule has 3 aliphatic rings. The minimum Gasteiger partial charge on any atom is -0.353 e. The Hall–Kier alpha value is -2.01. The van der Waals surface area contributed by atoms with Gasteiger partial charge in [0.15, 0.2) is 0 Å². The third-order valence-corrected chi connectivity index (χ3v) is 6.37. The SMILES string of the molecule is CC1=C(CC(=O)N[C@@H](C)C2CCC(F)CC2F)C(=O)NC2CCC(C#N)NC12. The van der Waals surface area contributed by atoms with Crippen LogP contribution in [-0.4, -0.2) is 48.3 Å². The number of amides is 2. The van der Waals surface area contributed by atoms with E-state index < -0.39 is 24.3 Å². The van der Waals surface area contributed by atoms with Crippen LogP contribution in [0, 0.1) is 17.2 Å². The standard InChI is InChI=1S/C20H28F2N4O2/c1-10-15(20(28)26-17-6-4-13(9-23)25-19(10)17)8-18(27)24-11(2)14-5-3-12(21)7-16(14)22/h11-14,16-17,19,25H,3-8H2,1-2H3,(H,24,27)(H,26,28)/t11-,12?,13?,14?,16?,17?,19?/m0/s1. The average Bonchev–Trinajstić information content (AvgIpc) is 2.64. The largest absolute Gasteiger partial charge is 0.353 e. The zero-order valence-electron chi connectivity index (χ0n) is 16.3. The molecular formula is C20H28F2N4O2. The zero-order valence-corrected chi connectivity index (χ0v) is 16.3. The number of fused-ring (bicyclic) bond motifs is 1. The molecule has 0 spiro atoms. The van der Waals surface area contributed by atoms with Gasteiger partial charge in [-0.25, -0.2) is 8.78 Å². The van der Waals surface area contributed by atoms with E-state index in [0.717, 1.165) is 5.57 Å². The number of hydrogen-bond donors (Lipinski definition) is 3. The lowest BCUT2D eigenvalue weighted by atomic mass is 9.81. The first kappa shape index (κ1) is 20.7. The van der Waals surface area contributed by atoms with Gasteiger partial charge in [0.05, 0.1) is 24.6 Å². The molecule has 0 radical (unpaired) electrons. The number of nitrogens with one attached hydrogen (secondary N) is 3. The molecule has 0 bridgehead atoms. The number of alkyl halides is 2. The molecule has 2 fully saturated rings. The van der Waals surface area contributed by atoms with Crippen LogP contribution < -0.4 is 16.0 Å². The molecule has 1 saturated carbocycles. The maximum atomic E-state index is 14.1. The Morgan fingerprint density at radius 1 is 1.32 bits per heavy atom. The Kier molecular flexibility index (Phi) is 6.33. The Bertz CT molecular complexity index is 705. The molecule has 6 unspecified atom stereocenters. The highest BCUT2D eigenvalue weighted by atomic mass is 19.1. The molecule has 0 aromatic rings. The van der Waals surface area contributed by atoms with Crippen molar-refractivity contribution >= 4 is 11.8 Å². The summed E-state index contributed by atoms with van der Waals surface area (Å²) in [6.07, 6.45) is -0.503. The lowest BCUT2D eigenvalue weighted by Gasteiger charge is -2.40. The van der Waals surface area contributed by atoms with Crippen LogP contribution in [0.25, 0.3) is 0 Å². The normalized spacial score (nSPS) is 36.8. The molecule has 3 N–H and O–H groups in total. The number of rotatable bonds is 4. The van der Waals surface area contributed by atoms with Gasteiger partial charge in [-0.3, -0.25) is 14.9 Å². The monoisotopic (exact) mass is 394 g/mol. The van der Waals surface area contributed by atoms with Crippen LogP contribution in [0.4, 0.5) is 8.78 Å². The molecule has 28 heavy (non-hydrogen) atoms. The fourth-order valence-corrected chi connectivity index (χ4v) is 4.68. The van der Waals surface area contributed by atoms with E-state index in [1.807, 2.05) is 6.92 Å². The molecule has 154 valence electrons. The Balaban J connectivity index is 1.64. The first-order valence-corrected chi connectivity index (χ1v) is 10.0. The van der Waals surface area contributed by atoms with Crippen molar-refractivity contribution in [1.29, 1.82) is 5.26 Å². The summed E-state index contributed by atoms with van der Waals surface area (Å²) in [7, 11) is 0. The molecular weight excluding hydrogens is 366 g/mol. The van der Waals surface area contributed by atoms with E-state index in [1.165, 1.54) is 0 Å². The van der Waals surface area contributed by atoms with Crippen LogP contribution >= 0.6 is 0 Å². The Morgan fingerprint density at radius 3 is 2.75 bits per heavy atom. The molecule has 0 aromatic carbocycles. The van der Waals surface area contributed by atoms with E-state index in [1.54, 1.807) is 6.92 Å². The van der Waals surface area contributed by atoms with Crippen molar-refractivity contribution in [2.24, 2.45) is 5.92 Å². The van der Waals surface area contributed by atoms with Gasteiger partial charge >= 0.3 is 0 Å². The van der Waals surface area contributed by atoms with Crippen molar-refractivity contribution in [2.75, 3.05) is 0 Å². The van der Waals surface area contributed by atoms with Crippen LogP contribution in [0.15, 0.2) is 11.1 Å². The van der Waals surface area contributed by atoms with E-state index in [2.05, 4.69) is 22.0 Å². The summed E-state index contributed by atoms with van der Waals surface area (Å²) in [5.41, 5.74) is 1.17. The zero-order chi connectivity index (χ0) is 20.4. The summed E-state index contributed by atoms with van der Waals surface area (Å²) in [4.78, 5) is 25.0. The van der Waals surface area contributed by atoms with Crippen molar-refractivity contribution in [3.63, 3.8) is 0 Å². The summed E-state index contributed by atoms with van der Waals surface area (Å²) in [6, 6.07) is 1.27. The quantitative estimate of drug-likeness (QED) is 0.678. The maximum absolute atomic E-state index is 14.1. The van der Waals surface area contributed by atoms with Crippen molar-refractivity contribution < 1.29 is 18.4 Å². The third-order valence-electron chi connectivity index (χ3n) is 6.37. The van der Waals surface area contributed by atoms with Crippen molar-refractivity contribution in [3.05, 3.63) is 11.1 Å². The average molecular weight is 394 g/mol. The van der Waals surface area contributed by atoms with E-state index in [4.69, 9.17) is 5.26 Å². The molecule has 8 heteroatoms. The summed E-state index contributed by atoms with van der Waals surface area (Å²) in [5, 5.41) is 18.1. The number of carbonyl (C=O) groups excluding carboxylic acids is 2. The maximum Gasteiger partial charge on any atom is 0.248 e. The smallest absolute Gasteiger partial charge is 0.248 e. The van der Waals surface area contributed by atoms with Crippen LogP contribution in [0.3, 0.4) is 0 Å². The van der Waals surface area contributed by atoms with Gasteiger partial charge in [-0.15, -0.1) is 0 Å². The number of piperidine rings is 1. The van der Waals surface area contributed by atoms with Gasteiger partial charge < -0.3 is 10.6 Å². The van der Waals surface area contributed by atoms with Crippen molar-refractivity contribution in [1.82, 2.24) is 16.0 Å². The topological polar surface area (TPSA) is 94.0 Å². The van der Waals surface area contributed by atoms with Crippen LogP contribution in [0.2, 0.25) is 0 Å². The highest BCUT2D eigenvalue weighted by Gasteiger charge is 2.39. The summed E-state index contributed by atoms with van der Waals surface area (Å²) < 4.78 is 27.5. The number of halogens is 2. The van der Waals surface area contributed by atoms with E-state index >= 15 is 0 Å². The minimum atomic E-state index is -1.27. The van der Waals surface area contributed by atoms with Crippen LogP contribution in [0.5, 0.6) is 0 Å². The minimum absolute atomic E-state index is 0.0778. The predicted molar refractivity (Wildman–Crippen MR) is 99.5 cm³/mol. The lowest BCUT2D eigenvalue weighted by Crippen LogP contribution is -2.60. The molecule has 1 aliphatic carbocycles. The lowest BCUT2D eigenvalue weighted by molar-refractivity contribution is -0.125. The first-order valence-electron chi connectivity index (χ1n) is 10.0. The van der Waals surface area contributed by atoms with E-state index in [-0.39, 0.29) is 42.8 Å². The number of carbonyl (C=O) groups is 2. The van der Waals surface area contributed by atoms with Gasteiger partial charge in [-0.05, 0) is 45.1 Å². The van der Waals surface area contributed by atoms with Gasteiger partial charge in [0, 0.05) is 30.0 Å². The van der Waals surface area contributed by atoms with Gasteiger partial charge in [0.1, 0.15) is 12.3 Å². The summed E-state index contributed by atoms with van der Waals surface area (Å²) >= 11 is 0. The highest BCUT2D eigenvalue weighted by Crippen LogP contribution is 2.32. The molecule has 2 amide bonds. The molecule has 7 atom stereocenters. The van der Waals surface area contributed by atoms with E-state index in [9.17, 15) is 18.4 Å². The van der Waals surface area contributed by atoms with Gasteiger partial charge in [0.2, 0.25) is 11.8 Å². The van der Waals surface area contributed by atoms with Crippen LogP contribution in [-0.2, 0) is 9.59 Å². The Labute approximate surface area is 164 Å². The van der Waals surface area contributed by atoms with Gasteiger partial charge in [0.25, 0.3) is 0 Å². The Morgan fingerprint density at radius 2 is 2.07 bits per heavy atom. The first-order chi connectivity index (χ1) is 13.3. The van der Waals surface area contributed by atoms with Gasteiger partial charge in [-0.2, -0.15) is 5.26 Å². The highest BCUT2D eigenvalue weighted by molar-refractivity contribution is 6.00. The predicted octanol–water partition coefficient (Wildman–Crippen LogP) is 1.82. The van der Waals surface area contributed by atoms with Crippen molar-refractivity contribution in [2.45, 2.75) is 88.9 Å². The second kappa shape index (κ2) is 8.56. The molecule has 1 saturated heterocycles. The summed E-state index contributed by atoms with van der Waals surface area (Å²) in [6.45, 7) is 3.54. The number of nitrogens with zero attached hydrogens (tertiary/aromatic N) is 1. The molecule has 0 aromatic heterocycles. The molecule has 3 rings (SSSR count). The van der Waals surface area contributed by atoms with Crippen LogP contribution in [0.1, 0.15) is 52.4 Å². The van der Waals surface area contributed by atoms with Crippen molar-refractivity contribution in [3.8, 4) is 6.07 Å². The van der Waals surface area contributed by atoms with E-state index in [0.29, 0.717) is 31.3 Å². The second-order valence-electron chi connectivity index (χ2n) is 8.27. The fourth-order valence-electron chi connectivity index (χ4n) is 4.68. The number of hydrogen-bond acceptors (Lipinski definition) is 4. The number of nitriles is 1. The molecule has 2 heterocycles. The summed E-state index contributed by atoms with van der Waals surface area (Å²) in [5.74, 6) is -1.02. The molecule has 6 nitrogen and oxygen atoms in total. The van der Waals surface area contributed by atoms with Gasteiger partial charge in [-0.1, -0.05) is 0 Å². The fraction of sp³-hybridized carbons (Fsp3) is 0.750. The second-order valence-corrected chi connectivity index (χ2v) is 8.27. The molecule has 2 aliphatic heterocycles. The third kappa shape index (κ3) is 4.35.